The van der Waals surface area contributed by atoms with E-state index in [9.17, 15) is 9.59 Å². The summed E-state index contributed by atoms with van der Waals surface area (Å²) in [4.78, 5) is 28.5. The highest BCUT2D eigenvalue weighted by Crippen LogP contribution is 2.29. The second-order valence-electron chi connectivity index (χ2n) is 5.54. The summed E-state index contributed by atoms with van der Waals surface area (Å²) < 4.78 is -0.123. The van der Waals surface area contributed by atoms with Crippen molar-refractivity contribution in [1.29, 1.82) is 0 Å². The van der Waals surface area contributed by atoms with Crippen molar-refractivity contribution in [2.24, 2.45) is 0 Å². The van der Waals surface area contributed by atoms with Crippen LogP contribution in [0.1, 0.15) is 60.7 Å². The molecule has 7 heteroatoms. The van der Waals surface area contributed by atoms with Crippen LogP contribution in [0.2, 0.25) is 0 Å². The first-order chi connectivity index (χ1) is 11.0. The number of aryl methyl sites for hydroxylation is 1. The van der Waals surface area contributed by atoms with Gasteiger partial charge in [0.2, 0.25) is 4.74 Å². The largest absolute Gasteiger partial charge is 0.477 e. The molecule has 0 aliphatic heterocycles. The average Bonchev–Trinajstić information content (AvgIpc) is 2.84. The molecule has 2 heterocycles. The van der Waals surface area contributed by atoms with Crippen LogP contribution >= 0.6 is 22.7 Å². The van der Waals surface area contributed by atoms with E-state index < -0.39 is 5.97 Å². The first-order valence-corrected chi connectivity index (χ1v) is 9.59. The minimum absolute atomic E-state index is 0.123. The molecule has 0 fully saturated rings. The number of hydrogen-bond acceptors (Lipinski definition) is 6. The van der Waals surface area contributed by atoms with E-state index in [1.807, 2.05) is 0 Å². The molecule has 0 aromatic carbocycles. The molecule has 5 nitrogen and oxygen atoms in total. The molecule has 0 saturated heterocycles. The number of rotatable bonds is 9. The maximum absolute atomic E-state index is 12.2. The summed E-state index contributed by atoms with van der Waals surface area (Å²) in [5.41, 5.74) is 0.522. The van der Waals surface area contributed by atoms with Gasteiger partial charge in [0.1, 0.15) is 9.71 Å². The van der Waals surface area contributed by atoms with Crippen molar-refractivity contribution in [2.45, 2.75) is 52.4 Å². The third kappa shape index (κ3) is 4.51. The van der Waals surface area contributed by atoms with Crippen LogP contribution in [0.4, 0.5) is 5.13 Å². The number of fused-ring (bicyclic) bond motifs is 1. The molecular formula is C16H22N2O3S2. The van der Waals surface area contributed by atoms with Gasteiger partial charge < -0.3 is 10.4 Å². The molecule has 2 aromatic heterocycles. The Morgan fingerprint density at radius 2 is 1.87 bits per heavy atom. The Kier molecular flexibility index (Phi) is 6.53. The molecule has 0 aliphatic carbocycles. The van der Waals surface area contributed by atoms with Crippen LogP contribution in [0.15, 0.2) is 4.79 Å². The number of hydrogen-bond donors (Lipinski definition) is 2. The van der Waals surface area contributed by atoms with E-state index in [4.69, 9.17) is 5.11 Å². The molecule has 0 spiro atoms. The van der Waals surface area contributed by atoms with Crippen LogP contribution in [-0.4, -0.2) is 22.6 Å². The molecule has 0 aliphatic rings. The second kappa shape index (κ2) is 8.40. The van der Waals surface area contributed by atoms with Gasteiger partial charge in [0, 0.05) is 6.54 Å². The highest BCUT2D eigenvalue weighted by molar-refractivity contribution is 7.21. The predicted molar refractivity (Wildman–Crippen MR) is 97.3 cm³/mol. The first kappa shape index (κ1) is 17.9. The van der Waals surface area contributed by atoms with Gasteiger partial charge in [-0.3, -0.25) is 4.79 Å². The van der Waals surface area contributed by atoms with Gasteiger partial charge in [-0.05, 0) is 18.9 Å². The third-order valence-electron chi connectivity index (χ3n) is 3.73. The fourth-order valence-electron chi connectivity index (χ4n) is 2.45. The maximum atomic E-state index is 12.2. The van der Waals surface area contributed by atoms with Crippen LogP contribution in [0.3, 0.4) is 0 Å². The smallest absolute Gasteiger partial charge is 0.346 e. The van der Waals surface area contributed by atoms with Crippen molar-refractivity contribution in [1.82, 2.24) is 4.98 Å². The molecule has 0 bridgehead atoms. The van der Waals surface area contributed by atoms with Gasteiger partial charge in [-0.2, -0.15) is 0 Å². The molecule has 23 heavy (non-hydrogen) atoms. The number of carbonyl (C=O) groups is 1. The van der Waals surface area contributed by atoms with Crippen molar-refractivity contribution in [3.05, 3.63) is 20.0 Å². The average molecular weight is 354 g/mol. The lowest BCUT2D eigenvalue weighted by Gasteiger charge is -2.04. The van der Waals surface area contributed by atoms with Crippen LogP contribution in [0.25, 0.3) is 10.2 Å². The third-order valence-corrected chi connectivity index (χ3v) is 5.72. The number of nitrogens with one attached hydrogen (secondary N) is 1. The Bertz CT molecular complexity index is 737. The van der Waals surface area contributed by atoms with Crippen molar-refractivity contribution in [3.8, 4) is 0 Å². The van der Waals surface area contributed by atoms with E-state index in [1.54, 1.807) is 6.92 Å². The fourth-order valence-corrected chi connectivity index (χ4v) is 4.43. The van der Waals surface area contributed by atoms with Gasteiger partial charge in [0.15, 0.2) is 5.13 Å². The van der Waals surface area contributed by atoms with Crippen molar-refractivity contribution in [2.75, 3.05) is 11.9 Å². The Balaban J connectivity index is 2.00. The highest BCUT2D eigenvalue weighted by Gasteiger charge is 2.18. The zero-order valence-corrected chi connectivity index (χ0v) is 15.1. The van der Waals surface area contributed by atoms with Crippen LogP contribution in [-0.2, 0) is 0 Å². The molecule has 126 valence electrons. The topological polar surface area (TPSA) is 79.3 Å². The summed E-state index contributed by atoms with van der Waals surface area (Å²) in [6.07, 6.45) is 7.27. The minimum atomic E-state index is -1.00. The van der Waals surface area contributed by atoms with Gasteiger partial charge in [0.25, 0.3) is 0 Å². The number of thiophene rings is 1. The number of aromatic carboxylic acids is 1. The van der Waals surface area contributed by atoms with E-state index >= 15 is 0 Å². The SMILES string of the molecule is CCCCCCCCNc1nc2sc(C(=O)O)c(C)c2c(=O)s1. The summed E-state index contributed by atoms with van der Waals surface area (Å²) in [5.74, 6) is -1.00. The number of aromatic nitrogens is 1. The van der Waals surface area contributed by atoms with Gasteiger partial charge in [-0.25, -0.2) is 9.78 Å². The molecule has 2 N–H and O–H groups in total. The zero-order chi connectivity index (χ0) is 16.8. The number of nitrogens with zero attached hydrogens (tertiary/aromatic N) is 1. The molecule has 0 unspecified atom stereocenters. The number of carboxylic acids is 1. The highest BCUT2D eigenvalue weighted by atomic mass is 32.1. The summed E-state index contributed by atoms with van der Waals surface area (Å²) in [7, 11) is 0. The minimum Gasteiger partial charge on any atom is -0.477 e. The summed E-state index contributed by atoms with van der Waals surface area (Å²) in [6.45, 7) is 4.66. The monoisotopic (exact) mass is 354 g/mol. The Hall–Kier alpha value is -1.47. The van der Waals surface area contributed by atoms with Crippen molar-refractivity contribution in [3.63, 3.8) is 0 Å². The number of carboxylic acid groups (broad SMARTS) is 1. The molecular weight excluding hydrogens is 332 g/mol. The normalized spacial score (nSPS) is 11.0. The Labute approximate surface area is 143 Å². The lowest BCUT2D eigenvalue weighted by Crippen LogP contribution is -2.06. The fraction of sp³-hybridized carbons (Fsp3) is 0.562. The van der Waals surface area contributed by atoms with Crippen LogP contribution in [0.5, 0.6) is 0 Å². The second-order valence-corrected chi connectivity index (χ2v) is 7.50. The standard InChI is InChI=1S/C16H22N2O3S2/c1-3-4-5-6-7-8-9-17-16-18-13-11(15(21)23-16)10(2)12(22-13)14(19)20/h3-9H2,1-2H3,(H,17,18)(H,19,20). The lowest BCUT2D eigenvalue weighted by molar-refractivity contribution is 0.0701. The summed E-state index contributed by atoms with van der Waals surface area (Å²) in [5, 5.41) is 13.4. The predicted octanol–water partition coefficient (Wildman–Crippen LogP) is 4.50. The van der Waals surface area contributed by atoms with Gasteiger partial charge >= 0.3 is 5.97 Å². The van der Waals surface area contributed by atoms with E-state index in [0.717, 1.165) is 35.6 Å². The van der Waals surface area contributed by atoms with E-state index in [0.29, 0.717) is 20.9 Å². The number of unbranched alkanes of at least 4 members (excludes halogenated alkanes) is 5. The number of anilines is 1. The van der Waals surface area contributed by atoms with Crippen LogP contribution < -0.4 is 10.1 Å². The zero-order valence-electron chi connectivity index (χ0n) is 13.5. The molecule has 0 atom stereocenters. The van der Waals surface area contributed by atoms with E-state index in [2.05, 4.69) is 17.2 Å². The van der Waals surface area contributed by atoms with Gasteiger partial charge in [0.05, 0.1) is 5.39 Å². The molecule has 0 amide bonds. The Morgan fingerprint density at radius 3 is 2.57 bits per heavy atom. The molecule has 2 rings (SSSR count). The molecule has 0 radical (unpaired) electrons. The summed E-state index contributed by atoms with van der Waals surface area (Å²) >= 11 is 2.12. The summed E-state index contributed by atoms with van der Waals surface area (Å²) in [6, 6.07) is 0. The lowest BCUT2D eigenvalue weighted by atomic mass is 10.1. The quantitative estimate of drug-likeness (QED) is 0.648. The van der Waals surface area contributed by atoms with Crippen molar-refractivity contribution < 1.29 is 9.90 Å². The molecule has 2 aromatic rings. The van der Waals surface area contributed by atoms with Crippen molar-refractivity contribution >= 4 is 44.0 Å². The van der Waals surface area contributed by atoms with Gasteiger partial charge in [-0.1, -0.05) is 50.4 Å². The van der Waals surface area contributed by atoms with Crippen LogP contribution in [0, 0.1) is 6.92 Å². The van der Waals surface area contributed by atoms with E-state index in [-0.39, 0.29) is 9.62 Å². The molecule has 0 saturated carbocycles. The Morgan fingerprint density at radius 1 is 1.17 bits per heavy atom. The first-order valence-electron chi connectivity index (χ1n) is 7.96. The maximum Gasteiger partial charge on any atom is 0.346 e. The van der Waals surface area contributed by atoms with E-state index in [1.165, 1.54) is 32.1 Å². The van der Waals surface area contributed by atoms with Gasteiger partial charge in [-0.15, -0.1) is 11.3 Å².